The quantitative estimate of drug-likeness (QED) is 0.811. The number of carbonyl (C=O) groups excluding carboxylic acids is 2. The second-order valence-electron chi connectivity index (χ2n) is 9.11. The Morgan fingerprint density at radius 3 is 2.82 bits per heavy atom. The summed E-state index contributed by atoms with van der Waals surface area (Å²) < 4.78 is 5.93. The van der Waals surface area contributed by atoms with Crippen LogP contribution in [0.3, 0.4) is 0 Å². The first-order valence-electron chi connectivity index (χ1n) is 10.6. The Morgan fingerprint density at radius 2 is 2.04 bits per heavy atom. The van der Waals surface area contributed by atoms with Crippen LogP contribution in [0.1, 0.15) is 53.8 Å². The third kappa shape index (κ3) is 2.83. The molecular weight excluding hydrogens is 352 g/mol. The van der Waals surface area contributed by atoms with Crippen LogP contribution < -0.4 is 0 Å². The van der Waals surface area contributed by atoms with Gasteiger partial charge in [0.05, 0.1) is 5.41 Å². The number of likely N-dealkylation sites (tertiary alicyclic amines) is 2. The lowest BCUT2D eigenvalue weighted by Crippen LogP contribution is -2.50. The van der Waals surface area contributed by atoms with E-state index < -0.39 is 0 Å². The second-order valence-corrected chi connectivity index (χ2v) is 9.11. The van der Waals surface area contributed by atoms with Gasteiger partial charge in [0.2, 0.25) is 5.91 Å². The molecule has 2 amide bonds. The number of benzene rings is 1. The number of aryl methyl sites for hydroxylation is 2. The van der Waals surface area contributed by atoms with Gasteiger partial charge in [-0.05, 0) is 64.0 Å². The minimum Gasteiger partial charge on any atom is -0.451 e. The Morgan fingerprint density at radius 1 is 1.21 bits per heavy atom. The standard InChI is InChI=1S/C23H28N2O3/c1-15-4-7-19-18(12-15)16(2)20(28-19)21(26)25-11-9-23(14-25)8-3-10-24(22(23)27)13-17-5-6-17/h4,7,12,17H,3,5-6,8-11,13-14H2,1-2H3/t23-/m1/s1. The number of carbonyl (C=O) groups is 2. The van der Waals surface area contributed by atoms with Crippen molar-refractivity contribution in [2.45, 2.75) is 46.0 Å². The van der Waals surface area contributed by atoms with Crippen molar-refractivity contribution in [3.63, 3.8) is 0 Å². The summed E-state index contributed by atoms with van der Waals surface area (Å²) in [4.78, 5) is 30.4. The third-order valence-corrected chi connectivity index (χ3v) is 6.93. The van der Waals surface area contributed by atoms with Gasteiger partial charge in [0, 0.05) is 37.1 Å². The van der Waals surface area contributed by atoms with E-state index in [1.54, 1.807) is 0 Å². The minimum atomic E-state index is -0.376. The lowest BCUT2D eigenvalue weighted by molar-refractivity contribution is -0.145. The van der Waals surface area contributed by atoms with E-state index in [9.17, 15) is 9.59 Å². The summed E-state index contributed by atoms with van der Waals surface area (Å²) in [5.41, 5.74) is 2.43. The van der Waals surface area contributed by atoms with Crippen LogP contribution in [0.4, 0.5) is 0 Å². The van der Waals surface area contributed by atoms with Gasteiger partial charge < -0.3 is 14.2 Å². The van der Waals surface area contributed by atoms with Crippen LogP contribution in [0.5, 0.6) is 0 Å². The highest BCUT2D eigenvalue weighted by molar-refractivity contribution is 5.99. The van der Waals surface area contributed by atoms with Gasteiger partial charge in [0.25, 0.3) is 5.91 Å². The molecule has 5 rings (SSSR count). The molecule has 0 N–H and O–H groups in total. The van der Waals surface area contributed by atoms with Crippen LogP contribution in [0.15, 0.2) is 22.6 Å². The number of hydrogen-bond acceptors (Lipinski definition) is 3. The van der Waals surface area contributed by atoms with E-state index in [1.165, 1.54) is 12.8 Å². The van der Waals surface area contributed by atoms with Crippen molar-refractivity contribution in [1.82, 2.24) is 9.80 Å². The summed E-state index contributed by atoms with van der Waals surface area (Å²) in [5, 5.41) is 1.00. The zero-order valence-electron chi connectivity index (χ0n) is 16.8. The molecule has 5 nitrogen and oxygen atoms in total. The maximum absolute atomic E-state index is 13.2. The topological polar surface area (TPSA) is 53.8 Å². The Hall–Kier alpha value is -2.30. The molecule has 1 spiro atoms. The highest BCUT2D eigenvalue weighted by Crippen LogP contribution is 2.42. The molecule has 0 unspecified atom stereocenters. The molecule has 3 heterocycles. The van der Waals surface area contributed by atoms with Gasteiger partial charge in [0.15, 0.2) is 5.76 Å². The van der Waals surface area contributed by atoms with E-state index in [4.69, 9.17) is 4.42 Å². The summed E-state index contributed by atoms with van der Waals surface area (Å²) in [6.07, 6.45) is 5.23. The predicted molar refractivity (Wildman–Crippen MR) is 107 cm³/mol. The number of fused-ring (bicyclic) bond motifs is 1. The molecule has 148 valence electrons. The molecule has 2 saturated heterocycles. The molecule has 2 aromatic rings. The molecule has 1 aliphatic carbocycles. The predicted octanol–water partition coefficient (Wildman–Crippen LogP) is 3.91. The molecule has 2 aliphatic heterocycles. The number of piperidine rings is 1. The zero-order valence-corrected chi connectivity index (χ0v) is 16.8. The number of hydrogen-bond donors (Lipinski definition) is 0. The van der Waals surface area contributed by atoms with Gasteiger partial charge in [-0.1, -0.05) is 11.6 Å². The lowest BCUT2D eigenvalue weighted by Gasteiger charge is -2.39. The van der Waals surface area contributed by atoms with E-state index >= 15 is 0 Å². The van der Waals surface area contributed by atoms with Gasteiger partial charge in [0.1, 0.15) is 5.58 Å². The summed E-state index contributed by atoms with van der Waals surface area (Å²) in [7, 11) is 0. The molecule has 1 saturated carbocycles. The van der Waals surface area contributed by atoms with Gasteiger partial charge >= 0.3 is 0 Å². The Labute approximate surface area is 165 Å². The van der Waals surface area contributed by atoms with Gasteiger partial charge in [-0.25, -0.2) is 0 Å². The maximum atomic E-state index is 13.2. The molecule has 0 bridgehead atoms. The molecular formula is C23H28N2O3. The third-order valence-electron chi connectivity index (χ3n) is 6.93. The van der Waals surface area contributed by atoms with Crippen LogP contribution in [-0.4, -0.2) is 47.8 Å². The first-order chi connectivity index (χ1) is 13.5. The van der Waals surface area contributed by atoms with E-state index in [0.717, 1.165) is 54.4 Å². The van der Waals surface area contributed by atoms with Crippen LogP contribution in [0, 0.1) is 25.2 Å². The van der Waals surface area contributed by atoms with Gasteiger partial charge in [-0.15, -0.1) is 0 Å². The molecule has 3 fully saturated rings. The number of rotatable bonds is 3. The first kappa shape index (κ1) is 17.8. The number of nitrogens with zero attached hydrogens (tertiary/aromatic N) is 2. The van der Waals surface area contributed by atoms with Crippen molar-refractivity contribution in [3.8, 4) is 0 Å². The SMILES string of the molecule is Cc1ccc2oc(C(=O)N3CC[C@]4(CCCN(CC5CC5)C4=O)C3)c(C)c2c1. The van der Waals surface area contributed by atoms with Gasteiger partial charge in [-0.2, -0.15) is 0 Å². The van der Waals surface area contributed by atoms with Crippen molar-refractivity contribution in [1.29, 1.82) is 0 Å². The Kier molecular flexibility index (Phi) is 4.04. The zero-order chi connectivity index (χ0) is 19.5. The van der Waals surface area contributed by atoms with Crippen molar-refractivity contribution >= 4 is 22.8 Å². The number of amides is 2. The van der Waals surface area contributed by atoms with Crippen molar-refractivity contribution in [3.05, 3.63) is 35.1 Å². The van der Waals surface area contributed by atoms with Crippen LogP contribution in [0.2, 0.25) is 0 Å². The van der Waals surface area contributed by atoms with E-state index in [1.807, 2.05) is 30.9 Å². The number of furan rings is 1. The molecule has 0 radical (unpaired) electrons. The molecule has 1 aromatic heterocycles. The van der Waals surface area contributed by atoms with Crippen LogP contribution in [0.25, 0.3) is 11.0 Å². The fraction of sp³-hybridized carbons (Fsp3) is 0.565. The van der Waals surface area contributed by atoms with Crippen LogP contribution in [-0.2, 0) is 4.79 Å². The van der Waals surface area contributed by atoms with E-state index in [0.29, 0.717) is 24.8 Å². The maximum Gasteiger partial charge on any atom is 0.289 e. The van der Waals surface area contributed by atoms with Crippen molar-refractivity contribution in [2.75, 3.05) is 26.2 Å². The largest absolute Gasteiger partial charge is 0.451 e. The van der Waals surface area contributed by atoms with Gasteiger partial charge in [-0.3, -0.25) is 9.59 Å². The Balaban J connectivity index is 1.37. The fourth-order valence-electron chi connectivity index (χ4n) is 5.05. The lowest BCUT2D eigenvalue weighted by atomic mass is 9.78. The van der Waals surface area contributed by atoms with Crippen molar-refractivity contribution in [2.24, 2.45) is 11.3 Å². The molecule has 1 aromatic carbocycles. The molecule has 5 heteroatoms. The van der Waals surface area contributed by atoms with Crippen LogP contribution >= 0.6 is 0 Å². The molecule has 28 heavy (non-hydrogen) atoms. The Bertz CT molecular complexity index is 958. The average molecular weight is 380 g/mol. The average Bonchev–Trinajstić information content (AvgIpc) is 3.31. The summed E-state index contributed by atoms with van der Waals surface area (Å²) in [6, 6.07) is 6.00. The fourth-order valence-corrected chi connectivity index (χ4v) is 5.05. The summed E-state index contributed by atoms with van der Waals surface area (Å²) >= 11 is 0. The second kappa shape index (κ2) is 6.36. The molecule has 1 atom stereocenters. The van der Waals surface area contributed by atoms with Crippen molar-refractivity contribution < 1.29 is 14.0 Å². The van der Waals surface area contributed by atoms with E-state index in [-0.39, 0.29) is 17.2 Å². The highest BCUT2D eigenvalue weighted by atomic mass is 16.3. The van der Waals surface area contributed by atoms with E-state index in [2.05, 4.69) is 11.0 Å². The molecule has 3 aliphatic rings. The monoisotopic (exact) mass is 380 g/mol. The first-order valence-corrected chi connectivity index (χ1v) is 10.6. The normalized spacial score (nSPS) is 25.3. The summed E-state index contributed by atoms with van der Waals surface area (Å²) in [6.45, 7) is 6.95. The summed E-state index contributed by atoms with van der Waals surface area (Å²) in [5.74, 6) is 1.34. The smallest absolute Gasteiger partial charge is 0.289 e. The highest BCUT2D eigenvalue weighted by Gasteiger charge is 2.50. The minimum absolute atomic E-state index is 0.0738.